The molecule has 5 heteroatoms. The molecule has 5 nitrogen and oxygen atoms in total. The van der Waals surface area contributed by atoms with Gasteiger partial charge in [-0.25, -0.2) is 0 Å². The molecule has 150 valence electrons. The Balaban J connectivity index is 1.85. The number of carbonyl (C=O) groups excluding carboxylic acids is 2. The zero-order valence-corrected chi connectivity index (χ0v) is 16.5. The first-order valence-corrected chi connectivity index (χ1v) is 9.62. The highest BCUT2D eigenvalue weighted by Crippen LogP contribution is 2.40. The molecule has 1 aliphatic heterocycles. The number of methoxy groups -OCH3 is 1. The van der Waals surface area contributed by atoms with Gasteiger partial charge in [0, 0.05) is 12.1 Å². The summed E-state index contributed by atoms with van der Waals surface area (Å²) >= 11 is 0. The molecule has 0 aromatic heterocycles. The summed E-state index contributed by atoms with van der Waals surface area (Å²) in [6.07, 6.45) is 0. The predicted molar refractivity (Wildman–Crippen MR) is 114 cm³/mol. The standard InChI is InChI=1S/C25H21NO4/c1-30-20-14-12-18(13-15-20)22-21(23(27)19-10-6-3-7-11-19)24(28)25(29)26(22)16-17-8-4-2-5-9-17/h2-15,22,27H,16H2,1H3/b23-21-. The molecule has 0 saturated carbocycles. The summed E-state index contributed by atoms with van der Waals surface area (Å²) in [7, 11) is 1.58. The first-order valence-electron chi connectivity index (χ1n) is 9.62. The van der Waals surface area contributed by atoms with E-state index in [4.69, 9.17) is 4.74 Å². The van der Waals surface area contributed by atoms with Crippen LogP contribution in [0.1, 0.15) is 22.7 Å². The fourth-order valence-corrected chi connectivity index (χ4v) is 3.71. The predicted octanol–water partition coefficient (Wildman–Crippen LogP) is 4.32. The normalized spacial score (nSPS) is 17.9. The summed E-state index contributed by atoms with van der Waals surface area (Å²) in [5, 5.41) is 11.0. The lowest BCUT2D eigenvalue weighted by Crippen LogP contribution is -2.29. The molecule has 1 saturated heterocycles. The van der Waals surface area contributed by atoms with Crippen molar-refractivity contribution < 1.29 is 19.4 Å². The highest BCUT2D eigenvalue weighted by molar-refractivity contribution is 6.46. The van der Waals surface area contributed by atoms with Crippen molar-refractivity contribution in [2.45, 2.75) is 12.6 Å². The highest BCUT2D eigenvalue weighted by Gasteiger charge is 2.46. The molecule has 3 aromatic rings. The van der Waals surface area contributed by atoms with Crippen LogP contribution in [0.15, 0.2) is 90.5 Å². The molecule has 1 unspecified atom stereocenters. The fraction of sp³-hybridized carbons (Fsp3) is 0.120. The third kappa shape index (κ3) is 3.57. The van der Waals surface area contributed by atoms with Gasteiger partial charge in [0.15, 0.2) is 0 Å². The van der Waals surface area contributed by atoms with Crippen molar-refractivity contribution in [1.29, 1.82) is 0 Å². The van der Waals surface area contributed by atoms with Gasteiger partial charge in [-0.05, 0) is 23.3 Å². The molecule has 1 aliphatic rings. The summed E-state index contributed by atoms with van der Waals surface area (Å²) in [5.41, 5.74) is 2.21. The lowest BCUT2D eigenvalue weighted by atomic mass is 9.95. The van der Waals surface area contributed by atoms with Gasteiger partial charge in [0.05, 0.1) is 18.7 Å². The Morgan fingerprint density at radius 1 is 0.900 bits per heavy atom. The average molecular weight is 399 g/mol. The number of amides is 1. The smallest absolute Gasteiger partial charge is 0.295 e. The Labute approximate surface area is 174 Å². The van der Waals surface area contributed by atoms with Gasteiger partial charge in [-0.3, -0.25) is 9.59 Å². The average Bonchev–Trinajstić information content (AvgIpc) is 3.05. The van der Waals surface area contributed by atoms with E-state index >= 15 is 0 Å². The monoisotopic (exact) mass is 399 g/mol. The van der Waals surface area contributed by atoms with E-state index in [0.717, 1.165) is 11.1 Å². The minimum Gasteiger partial charge on any atom is -0.507 e. The molecule has 0 aliphatic carbocycles. The largest absolute Gasteiger partial charge is 0.507 e. The maximum atomic E-state index is 13.0. The van der Waals surface area contributed by atoms with Crippen LogP contribution in [-0.2, 0) is 16.1 Å². The quantitative estimate of drug-likeness (QED) is 0.394. The van der Waals surface area contributed by atoms with Crippen LogP contribution in [0.3, 0.4) is 0 Å². The van der Waals surface area contributed by atoms with Crippen molar-refractivity contribution in [1.82, 2.24) is 4.90 Å². The van der Waals surface area contributed by atoms with Crippen molar-refractivity contribution >= 4 is 17.4 Å². The van der Waals surface area contributed by atoms with Crippen molar-refractivity contribution in [3.05, 3.63) is 107 Å². The van der Waals surface area contributed by atoms with Crippen LogP contribution in [0.5, 0.6) is 5.75 Å². The van der Waals surface area contributed by atoms with Gasteiger partial charge in [0.1, 0.15) is 11.5 Å². The lowest BCUT2D eigenvalue weighted by molar-refractivity contribution is -0.140. The maximum absolute atomic E-state index is 13.0. The SMILES string of the molecule is COc1ccc(C2/C(=C(/O)c3ccccc3)C(=O)C(=O)N2Cc2ccccc2)cc1. The molecule has 1 atom stereocenters. The molecule has 1 fully saturated rings. The number of carbonyl (C=O) groups is 2. The molecule has 4 rings (SSSR count). The number of hydrogen-bond donors (Lipinski definition) is 1. The van der Waals surface area contributed by atoms with Crippen molar-refractivity contribution in [3.8, 4) is 5.75 Å². The number of rotatable bonds is 5. The van der Waals surface area contributed by atoms with Crippen LogP contribution in [-0.4, -0.2) is 28.8 Å². The molecule has 0 radical (unpaired) electrons. The lowest BCUT2D eigenvalue weighted by Gasteiger charge is -2.25. The molecule has 0 spiro atoms. The second-order valence-corrected chi connectivity index (χ2v) is 7.05. The van der Waals surface area contributed by atoms with Gasteiger partial charge in [0.2, 0.25) is 0 Å². The maximum Gasteiger partial charge on any atom is 0.295 e. The van der Waals surface area contributed by atoms with Crippen molar-refractivity contribution in [2.75, 3.05) is 7.11 Å². The Morgan fingerprint density at radius 3 is 2.10 bits per heavy atom. The zero-order chi connectivity index (χ0) is 21.1. The van der Waals surface area contributed by atoms with Gasteiger partial charge < -0.3 is 14.7 Å². The molecule has 1 amide bonds. The number of ether oxygens (including phenoxy) is 1. The Kier molecular flexibility index (Phi) is 5.35. The molecular weight excluding hydrogens is 378 g/mol. The number of aliphatic hydroxyl groups is 1. The Morgan fingerprint density at radius 2 is 1.50 bits per heavy atom. The summed E-state index contributed by atoms with van der Waals surface area (Å²) in [4.78, 5) is 27.5. The number of aliphatic hydroxyl groups excluding tert-OH is 1. The van der Waals surface area contributed by atoms with Gasteiger partial charge in [-0.15, -0.1) is 0 Å². The number of likely N-dealkylation sites (tertiary alicyclic amines) is 1. The summed E-state index contributed by atoms with van der Waals surface area (Å²) in [6.45, 7) is 0.258. The second-order valence-electron chi connectivity index (χ2n) is 7.05. The van der Waals surface area contributed by atoms with E-state index in [1.807, 2.05) is 48.5 Å². The van der Waals surface area contributed by atoms with Crippen LogP contribution in [0, 0.1) is 0 Å². The minimum absolute atomic E-state index is 0.0901. The van der Waals surface area contributed by atoms with E-state index in [2.05, 4.69) is 0 Å². The topological polar surface area (TPSA) is 66.8 Å². The summed E-state index contributed by atoms with van der Waals surface area (Å²) in [6, 6.07) is 24.8. The molecule has 30 heavy (non-hydrogen) atoms. The third-order valence-electron chi connectivity index (χ3n) is 5.21. The van der Waals surface area contributed by atoms with Gasteiger partial charge >= 0.3 is 0 Å². The molecular formula is C25H21NO4. The van der Waals surface area contributed by atoms with Crippen LogP contribution >= 0.6 is 0 Å². The van der Waals surface area contributed by atoms with E-state index in [1.165, 1.54) is 4.90 Å². The number of Topliss-reactive ketones (excluding diaryl/α,β-unsaturated/α-hetero) is 1. The number of hydrogen-bond acceptors (Lipinski definition) is 4. The first kappa shape index (κ1) is 19.5. The summed E-state index contributed by atoms with van der Waals surface area (Å²) in [5.74, 6) is -0.822. The molecule has 1 N–H and O–H groups in total. The van der Waals surface area contributed by atoms with Crippen LogP contribution in [0.25, 0.3) is 5.76 Å². The van der Waals surface area contributed by atoms with Gasteiger partial charge in [0.25, 0.3) is 11.7 Å². The van der Waals surface area contributed by atoms with E-state index in [1.54, 1.807) is 43.5 Å². The van der Waals surface area contributed by atoms with Gasteiger partial charge in [-0.1, -0.05) is 72.8 Å². The fourth-order valence-electron chi connectivity index (χ4n) is 3.71. The molecule has 1 heterocycles. The van der Waals surface area contributed by atoms with E-state index < -0.39 is 17.7 Å². The van der Waals surface area contributed by atoms with E-state index in [9.17, 15) is 14.7 Å². The Bertz CT molecular complexity index is 1090. The van der Waals surface area contributed by atoms with Crippen LogP contribution in [0.4, 0.5) is 0 Å². The van der Waals surface area contributed by atoms with E-state index in [-0.39, 0.29) is 17.9 Å². The third-order valence-corrected chi connectivity index (χ3v) is 5.21. The number of nitrogens with zero attached hydrogens (tertiary/aromatic N) is 1. The first-order chi connectivity index (χ1) is 14.6. The van der Waals surface area contributed by atoms with Gasteiger partial charge in [-0.2, -0.15) is 0 Å². The number of benzene rings is 3. The van der Waals surface area contributed by atoms with Crippen molar-refractivity contribution in [3.63, 3.8) is 0 Å². The van der Waals surface area contributed by atoms with E-state index in [0.29, 0.717) is 11.3 Å². The van der Waals surface area contributed by atoms with Crippen LogP contribution < -0.4 is 4.74 Å². The zero-order valence-electron chi connectivity index (χ0n) is 16.5. The number of ketones is 1. The minimum atomic E-state index is -0.698. The van der Waals surface area contributed by atoms with Crippen molar-refractivity contribution in [2.24, 2.45) is 0 Å². The van der Waals surface area contributed by atoms with Crippen LogP contribution in [0.2, 0.25) is 0 Å². The Hall–Kier alpha value is -3.86. The molecule has 3 aromatic carbocycles. The second kappa shape index (κ2) is 8.25. The molecule has 0 bridgehead atoms. The highest BCUT2D eigenvalue weighted by atomic mass is 16.5. The summed E-state index contributed by atoms with van der Waals surface area (Å²) < 4.78 is 5.23.